The molecule has 2 nitrogen and oxygen atoms in total. The highest BCUT2D eigenvalue weighted by molar-refractivity contribution is 5.85. The Balaban J connectivity index is 0.00000243. The highest BCUT2D eigenvalue weighted by Gasteiger charge is 2.35. The van der Waals surface area contributed by atoms with Gasteiger partial charge in [-0.2, -0.15) is 0 Å². The molecule has 2 aromatic carbocycles. The van der Waals surface area contributed by atoms with Gasteiger partial charge in [0.2, 0.25) is 0 Å². The van der Waals surface area contributed by atoms with Crippen molar-refractivity contribution in [2.75, 3.05) is 11.9 Å². The van der Waals surface area contributed by atoms with E-state index in [1.807, 2.05) is 0 Å². The number of halogens is 1. The van der Waals surface area contributed by atoms with Crippen LogP contribution in [-0.2, 0) is 0 Å². The molecular weight excluding hydrogens is 340 g/mol. The second-order valence-electron chi connectivity index (χ2n) is 7.42. The second-order valence-corrected chi connectivity index (χ2v) is 7.42. The molecule has 3 rings (SSSR count). The van der Waals surface area contributed by atoms with E-state index in [-0.39, 0.29) is 24.0 Å². The Hall–Kier alpha value is -1.51. The maximum Gasteiger partial charge on any atom is 0.0602 e. The summed E-state index contributed by atoms with van der Waals surface area (Å²) in [6, 6.07) is 19.9. The Kier molecular flexibility index (Phi) is 7.99. The number of hydrogen-bond acceptors (Lipinski definition) is 2. The van der Waals surface area contributed by atoms with Gasteiger partial charge in [-0.1, -0.05) is 88.1 Å². The lowest BCUT2D eigenvalue weighted by Gasteiger charge is -2.37. The van der Waals surface area contributed by atoms with Gasteiger partial charge in [-0.3, -0.25) is 5.32 Å². The number of rotatable bonds is 7. The highest BCUT2D eigenvalue weighted by Crippen LogP contribution is 2.36. The summed E-state index contributed by atoms with van der Waals surface area (Å²) < 4.78 is 0. The Morgan fingerprint density at radius 2 is 1.50 bits per heavy atom. The second kappa shape index (κ2) is 9.99. The SMILES string of the molecule is CCCCC1(CCCC)CNc2ccccc2C(c2ccccc2)N1.Cl. The number of fused-ring (bicyclic) bond motifs is 1. The van der Waals surface area contributed by atoms with Crippen LogP contribution in [0.15, 0.2) is 54.6 Å². The van der Waals surface area contributed by atoms with Crippen molar-refractivity contribution in [2.24, 2.45) is 0 Å². The van der Waals surface area contributed by atoms with Gasteiger partial charge >= 0.3 is 0 Å². The summed E-state index contributed by atoms with van der Waals surface area (Å²) in [5.41, 5.74) is 4.16. The molecule has 142 valence electrons. The number of anilines is 1. The minimum absolute atomic E-state index is 0. The van der Waals surface area contributed by atoms with Crippen molar-refractivity contribution in [3.63, 3.8) is 0 Å². The molecule has 1 unspecified atom stereocenters. The third-order valence-corrected chi connectivity index (χ3v) is 5.49. The van der Waals surface area contributed by atoms with Crippen molar-refractivity contribution in [3.05, 3.63) is 65.7 Å². The predicted molar refractivity (Wildman–Crippen MR) is 115 cm³/mol. The molecule has 1 aliphatic heterocycles. The molecular formula is C23H33ClN2. The van der Waals surface area contributed by atoms with Crippen molar-refractivity contribution in [1.29, 1.82) is 0 Å². The van der Waals surface area contributed by atoms with E-state index in [9.17, 15) is 0 Å². The Labute approximate surface area is 165 Å². The zero-order chi connectivity index (χ0) is 17.5. The van der Waals surface area contributed by atoms with Crippen molar-refractivity contribution >= 4 is 18.1 Å². The largest absolute Gasteiger partial charge is 0.383 e. The number of hydrogen-bond donors (Lipinski definition) is 2. The molecule has 0 fully saturated rings. The van der Waals surface area contributed by atoms with E-state index >= 15 is 0 Å². The number of benzene rings is 2. The predicted octanol–water partition coefficient (Wildman–Crippen LogP) is 6.33. The van der Waals surface area contributed by atoms with Gasteiger partial charge in [-0.25, -0.2) is 0 Å². The average Bonchev–Trinajstić information content (AvgIpc) is 2.84. The lowest BCUT2D eigenvalue weighted by atomic mass is 9.85. The number of unbranched alkanes of at least 4 members (excludes halogenated alkanes) is 2. The molecule has 2 N–H and O–H groups in total. The Bertz CT molecular complexity index is 648. The summed E-state index contributed by atoms with van der Waals surface area (Å²) in [6.45, 7) is 5.59. The van der Waals surface area contributed by atoms with Gasteiger partial charge in [0.1, 0.15) is 0 Å². The lowest BCUT2D eigenvalue weighted by Crippen LogP contribution is -2.50. The van der Waals surface area contributed by atoms with E-state index < -0.39 is 0 Å². The summed E-state index contributed by atoms with van der Waals surface area (Å²) in [5, 5.41) is 7.88. The fourth-order valence-corrected chi connectivity index (χ4v) is 3.99. The standard InChI is InChI=1S/C23H32N2.ClH/c1-3-5-16-23(17-6-4-2)18-24-21-15-11-10-14-20(21)22(25-23)19-12-8-7-9-13-19;/h7-15,22,24-25H,3-6,16-18H2,1-2H3;1H. The van der Waals surface area contributed by atoms with E-state index in [1.165, 1.54) is 55.3 Å². The first-order valence-corrected chi connectivity index (χ1v) is 9.93. The van der Waals surface area contributed by atoms with Gasteiger partial charge in [0.15, 0.2) is 0 Å². The summed E-state index contributed by atoms with van der Waals surface area (Å²) in [7, 11) is 0. The van der Waals surface area contributed by atoms with Gasteiger partial charge in [-0.05, 0) is 30.0 Å². The zero-order valence-electron chi connectivity index (χ0n) is 16.1. The Morgan fingerprint density at radius 3 is 2.15 bits per heavy atom. The quantitative estimate of drug-likeness (QED) is 0.593. The molecule has 0 aliphatic carbocycles. The minimum atomic E-state index is 0. The number of nitrogens with one attached hydrogen (secondary N) is 2. The van der Waals surface area contributed by atoms with Gasteiger partial charge in [0.25, 0.3) is 0 Å². The van der Waals surface area contributed by atoms with Gasteiger partial charge < -0.3 is 5.32 Å². The van der Waals surface area contributed by atoms with E-state index in [4.69, 9.17) is 0 Å². The molecule has 0 saturated carbocycles. The van der Waals surface area contributed by atoms with Gasteiger partial charge in [0, 0.05) is 17.8 Å². The lowest BCUT2D eigenvalue weighted by molar-refractivity contribution is 0.267. The molecule has 0 spiro atoms. The highest BCUT2D eigenvalue weighted by atomic mass is 35.5. The van der Waals surface area contributed by atoms with Crippen LogP contribution in [0.2, 0.25) is 0 Å². The van der Waals surface area contributed by atoms with E-state index in [2.05, 4.69) is 79.1 Å². The van der Waals surface area contributed by atoms with Gasteiger partial charge in [-0.15, -0.1) is 12.4 Å². The molecule has 0 aromatic heterocycles. The zero-order valence-corrected chi connectivity index (χ0v) is 16.9. The van der Waals surface area contributed by atoms with Crippen LogP contribution in [0.5, 0.6) is 0 Å². The molecule has 1 atom stereocenters. The van der Waals surface area contributed by atoms with Crippen LogP contribution in [-0.4, -0.2) is 12.1 Å². The number of para-hydroxylation sites is 1. The average molecular weight is 373 g/mol. The van der Waals surface area contributed by atoms with Crippen molar-refractivity contribution in [3.8, 4) is 0 Å². The molecule has 1 aliphatic rings. The van der Waals surface area contributed by atoms with Crippen LogP contribution in [0, 0.1) is 0 Å². The topological polar surface area (TPSA) is 24.1 Å². The Morgan fingerprint density at radius 1 is 0.885 bits per heavy atom. The molecule has 0 bridgehead atoms. The fraction of sp³-hybridized carbons (Fsp3) is 0.478. The van der Waals surface area contributed by atoms with Gasteiger partial charge in [0.05, 0.1) is 6.04 Å². The van der Waals surface area contributed by atoms with Crippen molar-refractivity contribution in [2.45, 2.75) is 64.0 Å². The van der Waals surface area contributed by atoms with E-state index in [1.54, 1.807) is 0 Å². The van der Waals surface area contributed by atoms with E-state index in [0.29, 0.717) is 0 Å². The third-order valence-electron chi connectivity index (χ3n) is 5.49. The van der Waals surface area contributed by atoms with E-state index in [0.717, 1.165) is 6.54 Å². The van der Waals surface area contributed by atoms with Crippen molar-refractivity contribution < 1.29 is 0 Å². The minimum Gasteiger partial charge on any atom is -0.383 e. The molecule has 0 radical (unpaired) electrons. The molecule has 0 amide bonds. The smallest absolute Gasteiger partial charge is 0.0602 e. The third kappa shape index (κ3) is 4.81. The summed E-state index contributed by atoms with van der Waals surface area (Å²) in [5.74, 6) is 0. The monoisotopic (exact) mass is 372 g/mol. The summed E-state index contributed by atoms with van der Waals surface area (Å²) >= 11 is 0. The van der Waals surface area contributed by atoms with Crippen molar-refractivity contribution in [1.82, 2.24) is 5.32 Å². The molecule has 1 heterocycles. The molecule has 2 aromatic rings. The summed E-state index contributed by atoms with van der Waals surface area (Å²) in [4.78, 5) is 0. The maximum absolute atomic E-state index is 4.11. The molecule has 0 saturated heterocycles. The first-order valence-electron chi connectivity index (χ1n) is 9.93. The first-order chi connectivity index (χ1) is 12.3. The normalized spacial score (nSPS) is 18.2. The van der Waals surface area contributed by atoms with Crippen LogP contribution in [0.25, 0.3) is 0 Å². The van der Waals surface area contributed by atoms with Crippen LogP contribution >= 0.6 is 12.4 Å². The summed E-state index contributed by atoms with van der Waals surface area (Å²) in [6.07, 6.45) is 7.51. The van der Waals surface area contributed by atoms with Crippen LogP contribution in [0.4, 0.5) is 5.69 Å². The van der Waals surface area contributed by atoms with Crippen LogP contribution in [0.3, 0.4) is 0 Å². The molecule has 26 heavy (non-hydrogen) atoms. The fourth-order valence-electron chi connectivity index (χ4n) is 3.99. The van der Waals surface area contributed by atoms with Crippen LogP contribution in [0.1, 0.15) is 69.5 Å². The van der Waals surface area contributed by atoms with Crippen LogP contribution < -0.4 is 10.6 Å². The maximum atomic E-state index is 4.11. The first kappa shape index (κ1) is 20.8. The molecule has 3 heteroatoms.